The van der Waals surface area contributed by atoms with Crippen LogP contribution in [-0.2, 0) is 0 Å². The molecule has 0 spiro atoms. The maximum absolute atomic E-state index is 9.04. The first-order valence-electron chi connectivity index (χ1n) is 11.1. The maximum atomic E-state index is 9.04. The summed E-state index contributed by atoms with van der Waals surface area (Å²) in [5.41, 5.74) is 12.3. The van der Waals surface area contributed by atoms with E-state index in [1.54, 1.807) is 38.5 Å². The first-order chi connectivity index (χ1) is 19.0. The van der Waals surface area contributed by atoms with Crippen molar-refractivity contribution >= 4 is 59.3 Å². The Kier molecular flexibility index (Phi) is 12.8. The number of rotatable bonds is 6. The minimum atomic E-state index is -1.59. The van der Waals surface area contributed by atoms with Crippen molar-refractivity contribution in [2.75, 3.05) is 39.9 Å². The quantitative estimate of drug-likeness (QED) is 0.185. The standard InChI is InChI=1S/C12H12ClN3O2.C8H11BO4.C4H3Cl2N3/c1-17-8-4-3-5-9(18-2)11(8)7-6-10(13)16-12(14)15-7;1-12-6-4-3-5-7(13-2)8(6)9(10)11;5-2-1-3(6)9-4(7)8-2/h3-6H,1-2H3,(H2,14,15,16);3-5,10-11H,1-2H3;1H,(H2,7,8,9). The molecule has 2 heterocycles. The van der Waals surface area contributed by atoms with Crippen molar-refractivity contribution in [2.24, 2.45) is 0 Å². The number of anilines is 2. The van der Waals surface area contributed by atoms with Gasteiger partial charge in [0.15, 0.2) is 0 Å². The Morgan fingerprint density at radius 3 is 1.35 bits per heavy atom. The number of halogens is 3. The third-order valence-electron chi connectivity index (χ3n) is 4.80. The average Bonchev–Trinajstić information content (AvgIpc) is 2.91. The van der Waals surface area contributed by atoms with E-state index < -0.39 is 7.12 Å². The number of hydrogen-bond donors (Lipinski definition) is 4. The van der Waals surface area contributed by atoms with E-state index in [0.717, 1.165) is 0 Å². The van der Waals surface area contributed by atoms with Crippen molar-refractivity contribution in [1.82, 2.24) is 19.9 Å². The molecule has 0 fully saturated rings. The van der Waals surface area contributed by atoms with Crippen molar-refractivity contribution in [1.29, 1.82) is 0 Å². The molecule has 16 heteroatoms. The molecule has 0 aliphatic rings. The molecular formula is C24H26BCl3N6O6. The van der Waals surface area contributed by atoms with Crippen molar-refractivity contribution in [3.8, 4) is 34.3 Å². The monoisotopic (exact) mass is 610 g/mol. The molecule has 0 atom stereocenters. The minimum Gasteiger partial charge on any atom is -0.497 e. The first kappa shape index (κ1) is 32.5. The van der Waals surface area contributed by atoms with Crippen LogP contribution < -0.4 is 35.9 Å². The lowest BCUT2D eigenvalue weighted by Crippen LogP contribution is -2.32. The molecule has 2 aromatic heterocycles. The van der Waals surface area contributed by atoms with Crippen LogP contribution in [0.2, 0.25) is 15.5 Å². The summed E-state index contributed by atoms with van der Waals surface area (Å²) in [6.45, 7) is 0. The predicted octanol–water partition coefficient (Wildman–Crippen LogP) is 3.15. The van der Waals surface area contributed by atoms with Gasteiger partial charge < -0.3 is 40.5 Å². The number of methoxy groups -OCH3 is 4. The van der Waals surface area contributed by atoms with E-state index in [4.69, 9.17) is 75.3 Å². The summed E-state index contributed by atoms with van der Waals surface area (Å²) >= 11 is 16.7. The predicted molar refractivity (Wildman–Crippen MR) is 156 cm³/mol. The molecule has 0 amide bonds. The number of nitrogen functional groups attached to an aromatic ring is 2. The summed E-state index contributed by atoms with van der Waals surface area (Å²) in [6.07, 6.45) is 0. The largest absolute Gasteiger partial charge is 0.497 e. The molecule has 0 unspecified atom stereocenters. The van der Waals surface area contributed by atoms with Crippen LogP contribution in [0.1, 0.15) is 0 Å². The maximum Gasteiger partial charge on any atom is 0.496 e. The molecule has 0 bridgehead atoms. The Balaban J connectivity index is 0.000000224. The Labute approximate surface area is 245 Å². The molecule has 0 aliphatic carbocycles. The van der Waals surface area contributed by atoms with Gasteiger partial charge in [-0.25, -0.2) is 19.9 Å². The van der Waals surface area contributed by atoms with E-state index in [0.29, 0.717) is 34.3 Å². The lowest BCUT2D eigenvalue weighted by molar-refractivity contribution is 0.385. The number of aromatic nitrogens is 4. The fourth-order valence-electron chi connectivity index (χ4n) is 3.21. The van der Waals surface area contributed by atoms with Crippen LogP contribution in [0.15, 0.2) is 48.5 Å². The normalized spacial score (nSPS) is 9.82. The van der Waals surface area contributed by atoms with Gasteiger partial charge in [-0.2, -0.15) is 0 Å². The zero-order chi connectivity index (χ0) is 29.8. The topological polar surface area (TPSA) is 181 Å². The Hall–Kier alpha value is -3.75. The lowest BCUT2D eigenvalue weighted by atomic mass is 9.78. The van der Waals surface area contributed by atoms with Crippen molar-refractivity contribution < 1.29 is 29.0 Å². The summed E-state index contributed by atoms with van der Waals surface area (Å²) in [4.78, 5) is 15.1. The fourth-order valence-corrected chi connectivity index (χ4v) is 3.83. The molecule has 6 N–H and O–H groups in total. The number of nitrogens with two attached hydrogens (primary N) is 2. The van der Waals surface area contributed by atoms with Gasteiger partial charge in [0, 0.05) is 12.1 Å². The molecule has 0 radical (unpaired) electrons. The highest BCUT2D eigenvalue weighted by atomic mass is 35.5. The third-order valence-corrected chi connectivity index (χ3v) is 5.38. The van der Waals surface area contributed by atoms with Gasteiger partial charge in [-0.3, -0.25) is 0 Å². The van der Waals surface area contributed by atoms with Gasteiger partial charge in [0.1, 0.15) is 38.5 Å². The zero-order valence-corrected chi connectivity index (χ0v) is 24.1. The number of ether oxygens (including phenoxy) is 4. The van der Waals surface area contributed by atoms with E-state index in [9.17, 15) is 0 Å². The summed E-state index contributed by atoms with van der Waals surface area (Å²) < 4.78 is 20.5. The lowest BCUT2D eigenvalue weighted by Gasteiger charge is -2.12. The third kappa shape index (κ3) is 9.18. The molecule has 4 rings (SSSR count). The Morgan fingerprint density at radius 1 is 0.625 bits per heavy atom. The first-order valence-corrected chi connectivity index (χ1v) is 12.2. The number of nitrogens with zero attached hydrogens (tertiary/aromatic N) is 4. The second-order valence-corrected chi connectivity index (χ2v) is 8.45. The molecule has 2 aromatic carbocycles. The smallest absolute Gasteiger partial charge is 0.496 e. The highest BCUT2D eigenvalue weighted by Gasteiger charge is 2.21. The molecule has 0 saturated heterocycles. The van der Waals surface area contributed by atoms with Gasteiger partial charge in [0.25, 0.3) is 0 Å². The molecule has 4 aromatic rings. The molecular weight excluding hydrogens is 585 g/mol. The van der Waals surface area contributed by atoms with Crippen LogP contribution in [0.25, 0.3) is 11.3 Å². The molecule has 40 heavy (non-hydrogen) atoms. The van der Waals surface area contributed by atoms with Crippen molar-refractivity contribution in [2.45, 2.75) is 0 Å². The Bertz CT molecular complexity index is 1300. The van der Waals surface area contributed by atoms with Crippen LogP contribution in [0, 0.1) is 0 Å². The fraction of sp³-hybridized carbons (Fsp3) is 0.167. The number of benzene rings is 2. The van der Waals surface area contributed by atoms with E-state index in [1.807, 2.05) is 18.2 Å². The minimum absolute atomic E-state index is 0.0903. The number of hydrogen-bond acceptors (Lipinski definition) is 12. The molecule has 0 aliphatic heterocycles. The second kappa shape index (κ2) is 15.7. The molecule has 12 nitrogen and oxygen atoms in total. The summed E-state index contributed by atoms with van der Waals surface area (Å²) in [7, 11) is 4.47. The van der Waals surface area contributed by atoms with Gasteiger partial charge in [0.05, 0.1) is 45.2 Å². The van der Waals surface area contributed by atoms with Crippen LogP contribution in [0.3, 0.4) is 0 Å². The average molecular weight is 612 g/mol. The SMILES string of the molecule is COc1cccc(OC)c1-c1cc(Cl)nc(N)n1.COc1cccc(OC)c1B(O)O.Nc1nc(Cl)cc(Cl)n1. The summed E-state index contributed by atoms with van der Waals surface area (Å²) in [5.74, 6) is 2.24. The highest BCUT2D eigenvalue weighted by Crippen LogP contribution is 2.37. The zero-order valence-electron chi connectivity index (χ0n) is 21.8. The second-order valence-electron chi connectivity index (χ2n) is 7.29. The van der Waals surface area contributed by atoms with Crippen molar-refractivity contribution in [3.63, 3.8) is 0 Å². The van der Waals surface area contributed by atoms with Gasteiger partial charge in [-0.1, -0.05) is 46.9 Å². The van der Waals surface area contributed by atoms with Crippen LogP contribution in [0.5, 0.6) is 23.0 Å². The Morgan fingerprint density at radius 2 is 1.00 bits per heavy atom. The summed E-state index contributed by atoms with van der Waals surface area (Å²) in [6, 6.07) is 13.5. The molecule has 0 saturated carbocycles. The molecule has 212 valence electrons. The van der Waals surface area contributed by atoms with Crippen LogP contribution >= 0.6 is 34.8 Å². The highest BCUT2D eigenvalue weighted by molar-refractivity contribution is 6.60. The van der Waals surface area contributed by atoms with E-state index in [-0.39, 0.29) is 32.8 Å². The van der Waals surface area contributed by atoms with Crippen LogP contribution in [0.4, 0.5) is 11.9 Å². The van der Waals surface area contributed by atoms with E-state index in [1.165, 1.54) is 20.3 Å². The van der Waals surface area contributed by atoms with Gasteiger partial charge in [0.2, 0.25) is 11.9 Å². The van der Waals surface area contributed by atoms with Gasteiger partial charge in [-0.15, -0.1) is 0 Å². The van der Waals surface area contributed by atoms with E-state index >= 15 is 0 Å². The van der Waals surface area contributed by atoms with Gasteiger partial charge >= 0.3 is 7.12 Å². The summed E-state index contributed by atoms with van der Waals surface area (Å²) in [5, 5.41) is 18.9. The van der Waals surface area contributed by atoms with Gasteiger partial charge in [-0.05, 0) is 24.3 Å². The van der Waals surface area contributed by atoms with E-state index in [2.05, 4.69) is 19.9 Å². The van der Waals surface area contributed by atoms with Crippen molar-refractivity contribution in [3.05, 3.63) is 64.0 Å². The van der Waals surface area contributed by atoms with Crippen LogP contribution in [-0.4, -0.2) is 65.5 Å².